The Hall–Kier alpha value is -3.90. The van der Waals surface area contributed by atoms with Crippen LogP contribution in [-0.4, -0.2) is 0 Å². The Morgan fingerprint density at radius 3 is 2.41 bits per heavy atom. The van der Waals surface area contributed by atoms with E-state index in [0.29, 0.717) is 33.6 Å². The quantitative estimate of drug-likeness (QED) is 0.265. The fraction of sp³-hybridized carbons (Fsp3) is 0.226. The first-order valence-corrected chi connectivity index (χ1v) is 11.4. The zero-order chi connectivity index (χ0) is 28.5. The van der Waals surface area contributed by atoms with E-state index in [-0.39, 0.29) is 17.6 Å². The van der Waals surface area contributed by atoms with Crippen molar-refractivity contribution in [1.82, 2.24) is 0 Å². The Labute approximate surface area is 207 Å². The molecule has 0 spiro atoms. The largest absolute Gasteiger partial charge is 0.454 e. The van der Waals surface area contributed by atoms with Crippen molar-refractivity contribution in [3.63, 3.8) is 0 Å². The lowest BCUT2D eigenvalue weighted by molar-refractivity contribution is -0.667. The van der Waals surface area contributed by atoms with Crippen LogP contribution in [0.1, 0.15) is 54.6 Å². The summed E-state index contributed by atoms with van der Waals surface area (Å²) in [7, 11) is 2.03. The molecule has 2 heterocycles. The number of nitriles is 1. The second-order valence-corrected chi connectivity index (χ2v) is 9.12. The van der Waals surface area contributed by atoms with Crippen LogP contribution in [-0.2, 0) is 7.05 Å². The van der Waals surface area contributed by atoms with Crippen molar-refractivity contribution in [3.05, 3.63) is 88.5 Å². The molecular formula is C31H29N2O+. The lowest BCUT2D eigenvalue weighted by Crippen LogP contribution is -2.36. The van der Waals surface area contributed by atoms with Gasteiger partial charge >= 0.3 is 0 Å². The van der Waals surface area contributed by atoms with Crippen LogP contribution in [0.4, 0.5) is 0 Å². The highest BCUT2D eigenvalue weighted by atomic mass is 16.3. The zero-order valence-corrected chi connectivity index (χ0v) is 20.3. The second kappa shape index (κ2) is 8.15. The van der Waals surface area contributed by atoms with E-state index in [0.717, 1.165) is 27.9 Å². The molecule has 0 aliphatic heterocycles. The minimum absolute atomic E-state index is 0.0478. The molecule has 0 aliphatic rings. The smallest absolute Gasteiger partial charge is 0.216 e. The molecule has 3 heteroatoms. The Kier molecular flexibility index (Phi) is 4.00. The first-order valence-electron chi connectivity index (χ1n) is 13.9. The summed E-state index contributed by atoms with van der Waals surface area (Å²) in [4.78, 5) is 0. The van der Waals surface area contributed by atoms with Crippen molar-refractivity contribution >= 4 is 21.9 Å². The Balaban J connectivity index is 1.97. The highest BCUT2D eigenvalue weighted by Crippen LogP contribution is 2.42. The number of furan rings is 1. The van der Waals surface area contributed by atoms with Gasteiger partial charge in [-0.1, -0.05) is 56.2 Å². The van der Waals surface area contributed by atoms with Crippen LogP contribution in [0.15, 0.2) is 65.0 Å². The summed E-state index contributed by atoms with van der Waals surface area (Å²) in [6, 6.07) is 9.70. The van der Waals surface area contributed by atoms with Gasteiger partial charge in [0.05, 0.1) is 24.0 Å². The molecule has 2 aromatic heterocycles. The third-order valence-electron chi connectivity index (χ3n) is 6.90. The summed E-state index contributed by atoms with van der Waals surface area (Å²) in [5, 5.41) is 11.3. The van der Waals surface area contributed by atoms with Gasteiger partial charge in [0.2, 0.25) is 5.69 Å². The standard InChI is InChI=1S/C31H29N2O/c1-18(2)26-16-27(33(6)21(5)20(26)4)28-19(3)12-14-25-29-23(17-32)13-15-24(30(29)34-31(25)28)22-10-8-7-9-11-22/h7-16,18H,1-6H3/q+1/i7D,8D,9D,10D,11D. The van der Waals surface area contributed by atoms with Crippen LogP contribution in [0.25, 0.3) is 44.3 Å². The molecule has 0 radical (unpaired) electrons. The second-order valence-electron chi connectivity index (χ2n) is 9.12. The van der Waals surface area contributed by atoms with Gasteiger partial charge in [0.1, 0.15) is 18.2 Å². The fourth-order valence-electron chi connectivity index (χ4n) is 4.87. The number of aromatic nitrogens is 1. The van der Waals surface area contributed by atoms with Gasteiger partial charge in [-0.15, -0.1) is 0 Å². The number of hydrogen-bond acceptors (Lipinski definition) is 2. The third-order valence-corrected chi connectivity index (χ3v) is 6.90. The summed E-state index contributed by atoms with van der Waals surface area (Å²) in [6.07, 6.45) is 0. The maximum atomic E-state index is 10.0. The lowest BCUT2D eigenvalue weighted by Gasteiger charge is -2.14. The van der Waals surface area contributed by atoms with Gasteiger partial charge < -0.3 is 4.42 Å². The molecule has 34 heavy (non-hydrogen) atoms. The van der Waals surface area contributed by atoms with E-state index in [1.165, 1.54) is 11.1 Å². The molecule has 5 rings (SSSR count). The van der Waals surface area contributed by atoms with E-state index in [1.54, 1.807) is 12.1 Å². The first-order chi connectivity index (χ1) is 18.4. The maximum absolute atomic E-state index is 10.0. The molecule has 0 N–H and O–H groups in total. The fourth-order valence-corrected chi connectivity index (χ4v) is 4.87. The number of nitrogens with zero attached hydrogens (tertiary/aromatic N) is 2. The summed E-state index contributed by atoms with van der Waals surface area (Å²) in [5.74, 6) is 0.319. The van der Waals surface area contributed by atoms with E-state index in [4.69, 9.17) is 11.3 Å². The molecule has 3 nitrogen and oxygen atoms in total. The normalized spacial score (nSPS) is 13.5. The predicted octanol–water partition coefficient (Wildman–Crippen LogP) is 7.66. The number of benzene rings is 3. The van der Waals surface area contributed by atoms with Crippen LogP contribution in [0.5, 0.6) is 0 Å². The molecule has 0 bridgehead atoms. The SMILES string of the molecule is [2H]c1c([2H])c([2H])c(-c2ccc(C#N)c3c2oc2c(-c4cc(C(C)C)c(C)c(C)[n+]4C)c(C)ccc23)c([2H])c1[2H]. The van der Waals surface area contributed by atoms with Crippen molar-refractivity contribution in [2.45, 2.75) is 40.5 Å². The third kappa shape index (κ3) is 3.22. The van der Waals surface area contributed by atoms with E-state index in [1.807, 2.05) is 26.1 Å². The monoisotopic (exact) mass is 450 g/mol. The average molecular weight is 451 g/mol. The molecule has 168 valence electrons. The maximum Gasteiger partial charge on any atom is 0.216 e. The molecule has 5 aromatic rings. The number of aryl methyl sites for hydroxylation is 1. The van der Waals surface area contributed by atoms with Crippen molar-refractivity contribution < 1.29 is 15.8 Å². The Morgan fingerprint density at radius 2 is 1.74 bits per heavy atom. The molecule has 0 saturated heterocycles. The highest BCUT2D eigenvalue weighted by Gasteiger charge is 2.26. The predicted molar refractivity (Wildman–Crippen MR) is 139 cm³/mol. The lowest BCUT2D eigenvalue weighted by atomic mass is 9.92. The highest BCUT2D eigenvalue weighted by molar-refractivity contribution is 6.15. The van der Waals surface area contributed by atoms with E-state index in [9.17, 15) is 5.26 Å². The molecule has 0 saturated carbocycles. The van der Waals surface area contributed by atoms with Crippen LogP contribution in [0.2, 0.25) is 0 Å². The summed E-state index contributed by atoms with van der Waals surface area (Å²) < 4.78 is 50.2. The van der Waals surface area contributed by atoms with Gasteiger partial charge in [0.25, 0.3) is 0 Å². The topological polar surface area (TPSA) is 40.8 Å². The molecule has 0 unspecified atom stereocenters. The van der Waals surface area contributed by atoms with E-state index >= 15 is 0 Å². The van der Waals surface area contributed by atoms with Crippen molar-refractivity contribution in [3.8, 4) is 28.5 Å². The molecule has 0 fully saturated rings. The Bertz CT molecular complexity index is 1870. The Morgan fingerprint density at radius 1 is 1.00 bits per heavy atom. The molecule has 3 aromatic carbocycles. The molecule has 0 aliphatic carbocycles. The van der Waals surface area contributed by atoms with Crippen molar-refractivity contribution in [2.24, 2.45) is 7.05 Å². The number of fused-ring (bicyclic) bond motifs is 3. The summed E-state index contributed by atoms with van der Waals surface area (Å²) in [5.41, 5.74) is 8.20. The number of pyridine rings is 1. The van der Waals surface area contributed by atoms with Gasteiger partial charge in [-0.3, -0.25) is 0 Å². The van der Waals surface area contributed by atoms with Gasteiger partial charge in [0.15, 0.2) is 5.69 Å². The average Bonchev–Trinajstić information content (AvgIpc) is 3.30. The summed E-state index contributed by atoms with van der Waals surface area (Å²) in [6.45, 7) is 10.6. The van der Waals surface area contributed by atoms with Gasteiger partial charge in [-0.25, -0.2) is 0 Å². The van der Waals surface area contributed by atoms with Crippen LogP contribution in [0.3, 0.4) is 0 Å². The minimum atomic E-state index is -0.454. The zero-order valence-electron chi connectivity index (χ0n) is 25.3. The van der Waals surface area contributed by atoms with Crippen molar-refractivity contribution in [1.29, 1.82) is 5.26 Å². The number of rotatable bonds is 3. The van der Waals surface area contributed by atoms with Gasteiger partial charge in [-0.2, -0.15) is 9.83 Å². The van der Waals surface area contributed by atoms with Crippen LogP contribution in [0, 0.1) is 32.1 Å². The first kappa shape index (κ1) is 16.7. The molecule has 0 amide bonds. The van der Waals surface area contributed by atoms with Crippen molar-refractivity contribution in [2.75, 3.05) is 0 Å². The van der Waals surface area contributed by atoms with Crippen LogP contribution >= 0.6 is 0 Å². The number of hydrogen-bond donors (Lipinski definition) is 0. The molecular weight excluding hydrogens is 416 g/mol. The van der Waals surface area contributed by atoms with Gasteiger partial charge in [0, 0.05) is 34.9 Å². The molecule has 0 atom stereocenters. The van der Waals surface area contributed by atoms with E-state index in [2.05, 4.69) is 44.4 Å². The summed E-state index contributed by atoms with van der Waals surface area (Å²) >= 11 is 0. The van der Waals surface area contributed by atoms with Crippen LogP contribution < -0.4 is 4.57 Å². The van der Waals surface area contributed by atoms with Gasteiger partial charge in [-0.05, 0) is 48.6 Å². The minimum Gasteiger partial charge on any atom is -0.454 e. The van der Waals surface area contributed by atoms with E-state index < -0.39 is 18.1 Å².